The van der Waals surface area contributed by atoms with Crippen LogP contribution in [0.25, 0.3) is 0 Å². The van der Waals surface area contributed by atoms with Crippen molar-refractivity contribution in [2.75, 3.05) is 25.0 Å². The van der Waals surface area contributed by atoms with Gasteiger partial charge in [0.05, 0.1) is 10.9 Å². The van der Waals surface area contributed by atoms with Crippen LogP contribution >= 0.6 is 23.2 Å². The van der Waals surface area contributed by atoms with Crippen molar-refractivity contribution >= 4 is 50.8 Å². The van der Waals surface area contributed by atoms with Gasteiger partial charge in [-0.2, -0.15) is 4.31 Å². The van der Waals surface area contributed by atoms with Crippen LogP contribution in [0.1, 0.15) is 12.8 Å². The average molecular weight is 489 g/mol. The maximum atomic E-state index is 12.9. The number of anilines is 1. The highest BCUT2D eigenvalue weighted by molar-refractivity contribution is 7.89. The Morgan fingerprint density at radius 1 is 1.10 bits per heavy atom. The number of piperidine rings is 1. The molecule has 0 aliphatic carbocycles. The molecule has 0 bridgehead atoms. The van der Waals surface area contributed by atoms with E-state index < -0.39 is 40.2 Å². The lowest BCUT2D eigenvalue weighted by molar-refractivity contribution is -0.152. The molecular weight excluding hydrogens is 470 g/mol. The van der Waals surface area contributed by atoms with Gasteiger partial charge in [-0.1, -0.05) is 23.2 Å². The molecule has 0 saturated carbocycles. The molecule has 0 atom stereocenters. The zero-order chi connectivity index (χ0) is 22.6. The van der Waals surface area contributed by atoms with E-state index in [0.717, 1.165) is 0 Å². The second-order valence-electron chi connectivity index (χ2n) is 6.92. The van der Waals surface area contributed by atoms with Crippen LogP contribution in [-0.4, -0.2) is 44.3 Å². The Bertz CT molecular complexity index is 1070. The fourth-order valence-corrected chi connectivity index (χ4v) is 5.34. The molecule has 1 aliphatic heterocycles. The van der Waals surface area contributed by atoms with E-state index in [1.54, 1.807) is 0 Å². The number of rotatable bonds is 6. The van der Waals surface area contributed by atoms with Crippen molar-refractivity contribution in [1.29, 1.82) is 0 Å². The number of carbonyl (C=O) groups excluding carboxylic acids is 2. The van der Waals surface area contributed by atoms with Crippen molar-refractivity contribution in [2.45, 2.75) is 17.7 Å². The number of esters is 1. The predicted molar refractivity (Wildman–Crippen MR) is 114 cm³/mol. The van der Waals surface area contributed by atoms with Gasteiger partial charge < -0.3 is 10.1 Å². The molecule has 7 nitrogen and oxygen atoms in total. The minimum atomic E-state index is -3.85. The zero-order valence-electron chi connectivity index (χ0n) is 16.2. The normalized spacial score (nSPS) is 15.5. The Morgan fingerprint density at radius 3 is 2.39 bits per heavy atom. The topological polar surface area (TPSA) is 92.8 Å². The van der Waals surface area contributed by atoms with E-state index in [1.807, 2.05) is 0 Å². The van der Waals surface area contributed by atoms with E-state index in [0.29, 0.717) is 5.69 Å². The van der Waals surface area contributed by atoms with E-state index in [2.05, 4.69) is 5.32 Å². The van der Waals surface area contributed by atoms with Gasteiger partial charge in [-0.3, -0.25) is 9.59 Å². The Balaban J connectivity index is 1.50. The molecule has 0 spiro atoms. The van der Waals surface area contributed by atoms with Crippen LogP contribution in [0.4, 0.5) is 10.1 Å². The second-order valence-corrected chi connectivity index (χ2v) is 9.67. The summed E-state index contributed by atoms with van der Waals surface area (Å²) in [7, 11) is -3.85. The van der Waals surface area contributed by atoms with Crippen molar-refractivity contribution in [2.24, 2.45) is 5.92 Å². The Labute approximate surface area is 189 Å². The quantitative estimate of drug-likeness (QED) is 0.625. The number of hydrogen-bond acceptors (Lipinski definition) is 5. The lowest BCUT2D eigenvalue weighted by atomic mass is 9.98. The fraction of sp³-hybridized carbons (Fsp3) is 0.300. The molecule has 1 N–H and O–H groups in total. The third-order valence-corrected chi connectivity index (χ3v) is 7.39. The van der Waals surface area contributed by atoms with Crippen LogP contribution < -0.4 is 5.32 Å². The van der Waals surface area contributed by atoms with E-state index in [9.17, 15) is 22.4 Å². The molecule has 2 aromatic rings. The van der Waals surface area contributed by atoms with Crippen molar-refractivity contribution < 1.29 is 27.1 Å². The van der Waals surface area contributed by atoms with E-state index in [1.165, 1.54) is 46.8 Å². The number of ether oxygens (including phenoxy) is 1. The van der Waals surface area contributed by atoms with Crippen LogP contribution in [-0.2, 0) is 24.3 Å². The highest BCUT2D eigenvalue weighted by Gasteiger charge is 2.34. The van der Waals surface area contributed by atoms with Crippen LogP contribution in [0, 0.1) is 11.7 Å². The number of amides is 1. The summed E-state index contributed by atoms with van der Waals surface area (Å²) in [5, 5.41) is 2.81. The molecular formula is C20H19Cl2FN2O5S. The highest BCUT2D eigenvalue weighted by Crippen LogP contribution is 2.30. The van der Waals surface area contributed by atoms with Crippen LogP contribution in [0.5, 0.6) is 0 Å². The monoisotopic (exact) mass is 488 g/mol. The first-order valence-electron chi connectivity index (χ1n) is 9.34. The molecule has 1 saturated heterocycles. The molecule has 0 radical (unpaired) electrons. The van der Waals surface area contributed by atoms with Gasteiger partial charge in [0.25, 0.3) is 5.91 Å². The Hall–Kier alpha value is -2.20. The number of halogens is 3. The van der Waals surface area contributed by atoms with Crippen molar-refractivity contribution in [1.82, 2.24) is 4.31 Å². The van der Waals surface area contributed by atoms with Gasteiger partial charge >= 0.3 is 5.97 Å². The first-order chi connectivity index (χ1) is 14.7. The molecule has 1 heterocycles. The molecule has 0 unspecified atom stereocenters. The zero-order valence-corrected chi connectivity index (χ0v) is 18.5. The van der Waals surface area contributed by atoms with Gasteiger partial charge in [0, 0.05) is 23.8 Å². The molecule has 2 aromatic carbocycles. The molecule has 11 heteroatoms. The number of sulfonamides is 1. The van der Waals surface area contributed by atoms with E-state index in [4.69, 9.17) is 27.9 Å². The summed E-state index contributed by atoms with van der Waals surface area (Å²) < 4.78 is 44.9. The standard InChI is InChI=1S/C20H19Cl2FN2O5S/c21-14-1-6-17(22)18(11-14)31(28,29)25-9-7-13(8-10-25)20(27)30-12-19(26)24-16-4-2-15(23)3-5-16/h1-6,11,13H,7-10,12H2,(H,24,26). The largest absolute Gasteiger partial charge is 0.455 e. The summed E-state index contributed by atoms with van der Waals surface area (Å²) in [5.74, 6) is -2.10. The molecule has 1 amide bonds. The summed E-state index contributed by atoms with van der Waals surface area (Å²) >= 11 is 11.9. The molecule has 1 fully saturated rings. The van der Waals surface area contributed by atoms with Gasteiger partial charge in [0.15, 0.2) is 6.61 Å². The molecule has 31 heavy (non-hydrogen) atoms. The molecule has 3 rings (SSSR count). The van der Waals surface area contributed by atoms with Crippen molar-refractivity contribution in [3.63, 3.8) is 0 Å². The van der Waals surface area contributed by atoms with E-state index in [-0.39, 0.29) is 40.9 Å². The minimum absolute atomic E-state index is 0.0677. The summed E-state index contributed by atoms with van der Waals surface area (Å²) in [5.41, 5.74) is 0.376. The second kappa shape index (κ2) is 9.95. The number of carbonyl (C=O) groups is 2. The lowest BCUT2D eigenvalue weighted by Gasteiger charge is -2.30. The van der Waals surface area contributed by atoms with Gasteiger partial charge in [-0.25, -0.2) is 12.8 Å². The van der Waals surface area contributed by atoms with Gasteiger partial charge in [-0.15, -0.1) is 0 Å². The lowest BCUT2D eigenvalue weighted by Crippen LogP contribution is -2.41. The maximum Gasteiger partial charge on any atom is 0.309 e. The van der Waals surface area contributed by atoms with Gasteiger partial charge in [-0.05, 0) is 55.3 Å². The Kier molecular flexibility index (Phi) is 7.53. The smallest absolute Gasteiger partial charge is 0.309 e. The SMILES string of the molecule is O=C(COC(=O)C1CCN(S(=O)(=O)c2cc(Cl)ccc2Cl)CC1)Nc1ccc(F)cc1. The van der Waals surface area contributed by atoms with Gasteiger partial charge in [0.1, 0.15) is 10.7 Å². The first-order valence-corrected chi connectivity index (χ1v) is 11.5. The van der Waals surface area contributed by atoms with Crippen LogP contribution in [0.2, 0.25) is 10.0 Å². The minimum Gasteiger partial charge on any atom is -0.455 e. The van der Waals surface area contributed by atoms with Crippen molar-refractivity contribution in [3.8, 4) is 0 Å². The summed E-state index contributed by atoms with van der Waals surface area (Å²) in [6.07, 6.45) is 0.492. The molecule has 0 aromatic heterocycles. The van der Waals surface area contributed by atoms with Gasteiger partial charge in [0.2, 0.25) is 10.0 Å². The number of nitrogens with one attached hydrogen (secondary N) is 1. The summed E-state index contributed by atoms with van der Waals surface area (Å²) in [4.78, 5) is 24.1. The molecule has 166 valence electrons. The van der Waals surface area contributed by atoms with Crippen LogP contribution in [0.3, 0.4) is 0 Å². The predicted octanol–water partition coefficient (Wildman–Crippen LogP) is 3.72. The molecule has 1 aliphatic rings. The fourth-order valence-electron chi connectivity index (χ4n) is 3.13. The number of benzene rings is 2. The summed E-state index contributed by atoms with van der Waals surface area (Å²) in [6, 6.07) is 9.36. The maximum absolute atomic E-state index is 12.9. The Morgan fingerprint density at radius 2 is 1.74 bits per heavy atom. The number of nitrogens with zero attached hydrogens (tertiary/aromatic N) is 1. The van der Waals surface area contributed by atoms with Crippen molar-refractivity contribution in [3.05, 3.63) is 58.3 Å². The number of hydrogen-bond donors (Lipinski definition) is 1. The average Bonchev–Trinajstić information content (AvgIpc) is 2.75. The first kappa shape index (κ1) is 23.5. The van der Waals surface area contributed by atoms with Crippen LogP contribution in [0.15, 0.2) is 47.4 Å². The van der Waals surface area contributed by atoms with E-state index >= 15 is 0 Å². The third-order valence-electron chi connectivity index (χ3n) is 4.77. The highest BCUT2D eigenvalue weighted by atomic mass is 35.5. The summed E-state index contributed by atoms with van der Waals surface area (Å²) in [6.45, 7) is -0.285. The third kappa shape index (κ3) is 5.94.